The zero-order valence-corrected chi connectivity index (χ0v) is 10.9. The molecule has 1 rings (SSSR count). The van der Waals surface area contributed by atoms with Crippen molar-refractivity contribution in [1.82, 2.24) is 10.6 Å². The predicted octanol–water partition coefficient (Wildman–Crippen LogP) is 1.78. The van der Waals surface area contributed by atoms with Crippen LogP contribution in [0.2, 0.25) is 0 Å². The smallest absolute Gasteiger partial charge is 0.314 e. The number of rotatable bonds is 4. The highest BCUT2D eigenvalue weighted by atomic mass is 16.5. The van der Waals surface area contributed by atoms with Crippen molar-refractivity contribution < 1.29 is 9.53 Å². The van der Waals surface area contributed by atoms with E-state index in [1.54, 1.807) is 14.2 Å². The number of nitrogens with one attached hydrogen (secondary N) is 2. The first kappa shape index (κ1) is 13.4. The van der Waals surface area contributed by atoms with Crippen LogP contribution < -0.4 is 15.4 Å². The first-order chi connectivity index (χ1) is 8.08. The first-order valence-electron chi connectivity index (χ1n) is 5.68. The fourth-order valence-corrected chi connectivity index (χ4v) is 1.63. The van der Waals surface area contributed by atoms with Gasteiger partial charge in [0.25, 0.3) is 0 Å². The van der Waals surface area contributed by atoms with Crippen LogP contribution >= 0.6 is 0 Å². The quantitative estimate of drug-likeness (QED) is 0.837. The summed E-state index contributed by atoms with van der Waals surface area (Å²) in [6.45, 7) is 4.73. The zero-order valence-electron chi connectivity index (χ0n) is 10.9. The van der Waals surface area contributed by atoms with E-state index in [-0.39, 0.29) is 6.03 Å². The summed E-state index contributed by atoms with van der Waals surface area (Å²) in [4.78, 5) is 11.0. The van der Waals surface area contributed by atoms with E-state index in [2.05, 4.69) is 30.5 Å². The van der Waals surface area contributed by atoms with Crippen LogP contribution in [0.5, 0.6) is 5.75 Å². The van der Waals surface area contributed by atoms with E-state index in [1.807, 2.05) is 6.07 Å². The molecule has 0 heterocycles. The van der Waals surface area contributed by atoms with Crippen LogP contribution in [-0.2, 0) is 6.42 Å². The number of benzene rings is 1. The van der Waals surface area contributed by atoms with Gasteiger partial charge in [0, 0.05) is 13.6 Å². The van der Waals surface area contributed by atoms with Crippen molar-refractivity contribution >= 4 is 6.03 Å². The summed E-state index contributed by atoms with van der Waals surface area (Å²) >= 11 is 0. The Balaban J connectivity index is 2.69. The normalized spacial score (nSPS) is 9.88. The summed E-state index contributed by atoms with van der Waals surface area (Å²) in [5, 5.41) is 5.28. The van der Waals surface area contributed by atoms with Gasteiger partial charge in [0.15, 0.2) is 0 Å². The van der Waals surface area contributed by atoms with E-state index in [1.165, 1.54) is 11.1 Å². The standard InChI is InChI=1S/C13H20N2O2/c1-9-7-11(5-6-15-13(16)14-3)12(17-4)8-10(9)2/h7-8H,5-6H2,1-4H3,(H2,14,15,16). The number of carbonyl (C=O) groups is 1. The van der Waals surface area contributed by atoms with Crippen LogP contribution in [0, 0.1) is 13.8 Å². The minimum Gasteiger partial charge on any atom is -0.496 e. The Hall–Kier alpha value is -1.71. The van der Waals surface area contributed by atoms with Gasteiger partial charge in [-0.25, -0.2) is 4.79 Å². The molecule has 2 amide bonds. The Morgan fingerprint density at radius 1 is 1.29 bits per heavy atom. The lowest BCUT2D eigenvalue weighted by Gasteiger charge is -2.12. The molecule has 0 saturated carbocycles. The van der Waals surface area contributed by atoms with Gasteiger partial charge in [-0.3, -0.25) is 0 Å². The highest BCUT2D eigenvalue weighted by molar-refractivity contribution is 5.73. The van der Waals surface area contributed by atoms with E-state index in [4.69, 9.17) is 4.74 Å². The number of ether oxygens (including phenoxy) is 1. The third-order valence-corrected chi connectivity index (χ3v) is 2.80. The summed E-state index contributed by atoms with van der Waals surface area (Å²) in [7, 11) is 3.27. The minimum atomic E-state index is -0.159. The molecule has 0 fully saturated rings. The monoisotopic (exact) mass is 236 g/mol. The van der Waals surface area contributed by atoms with Crippen molar-refractivity contribution in [2.45, 2.75) is 20.3 Å². The molecule has 0 saturated heterocycles. The number of urea groups is 1. The van der Waals surface area contributed by atoms with Crippen molar-refractivity contribution in [3.05, 3.63) is 28.8 Å². The molecule has 0 aliphatic carbocycles. The summed E-state index contributed by atoms with van der Waals surface area (Å²) in [5.74, 6) is 0.881. The summed E-state index contributed by atoms with van der Waals surface area (Å²) in [6, 6.07) is 3.98. The lowest BCUT2D eigenvalue weighted by molar-refractivity contribution is 0.243. The maximum atomic E-state index is 11.0. The van der Waals surface area contributed by atoms with Crippen molar-refractivity contribution in [2.75, 3.05) is 20.7 Å². The van der Waals surface area contributed by atoms with Crippen LogP contribution in [0.4, 0.5) is 4.79 Å². The average molecular weight is 236 g/mol. The van der Waals surface area contributed by atoms with Crippen LogP contribution in [0.25, 0.3) is 0 Å². The molecule has 1 aromatic carbocycles. The molecule has 94 valence electrons. The van der Waals surface area contributed by atoms with Gasteiger partial charge in [0.05, 0.1) is 7.11 Å². The Morgan fingerprint density at radius 2 is 1.94 bits per heavy atom. The van der Waals surface area contributed by atoms with Crippen LogP contribution in [-0.4, -0.2) is 26.7 Å². The van der Waals surface area contributed by atoms with Crippen molar-refractivity contribution in [3.8, 4) is 5.75 Å². The third-order valence-electron chi connectivity index (χ3n) is 2.80. The van der Waals surface area contributed by atoms with Gasteiger partial charge >= 0.3 is 6.03 Å². The number of hydrogen-bond donors (Lipinski definition) is 2. The van der Waals surface area contributed by atoms with Crippen LogP contribution in [0.3, 0.4) is 0 Å². The molecule has 2 N–H and O–H groups in total. The van der Waals surface area contributed by atoms with Crippen LogP contribution in [0.1, 0.15) is 16.7 Å². The van der Waals surface area contributed by atoms with Gasteiger partial charge in [-0.1, -0.05) is 6.07 Å². The number of methoxy groups -OCH3 is 1. The van der Waals surface area contributed by atoms with E-state index in [0.717, 1.165) is 17.7 Å². The third kappa shape index (κ3) is 3.66. The molecule has 4 nitrogen and oxygen atoms in total. The molecule has 0 aliphatic rings. The fraction of sp³-hybridized carbons (Fsp3) is 0.462. The van der Waals surface area contributed by atoms with Crippen molar-refractivity contribution in [1.29, 1.82) is 0 Å². The number of carbonyl (C=O) groups excluding carboxylic acids is 1. The van der Waals surface area contributed by atoms with Gasteiger partial charge in [0.2, 0.25) is 0 Å². The molecule has 0 aromatic heterocycles. The molecule has 0 spiro atoms. The molecule has 1 aromatic rings. The molecule has 0 radical (unpaired) electrons. The molecule has 0 bridgehead atoms. The Bertz CT molecular complexity index is 403. The van der Waals surface area contributed by atoms with Gasteiger partial charge in [-0.2, -0.15) is 0 Å². The predicted molar refractivity (Wildman–Crippen MR) is 68.6 cm³/mol. The minimum absolute atomic E-state index is 0.159. The molecule has 0 aliphatic heterocycles. The topological polar surface area (TPSA) is 50.4 Å². The lowest BCUT2D eigenvalue weighted by atomic mass is 10.0. The fourth-order valence-electron chi connectivity index (χ4n) is 1.63. The van der Waals surface area contributed by atoms with E-state index >= 15 is 0 Å². The molecule has 0 unspecified atom stereocenters. The SMILES string of the molecule is CNC(=O)NCCc1cc(C)c(C)cc1OC. The second kappa shape index (κ2) is 6.13. The molecule has 0 atom stereocenters. The highest BCUT2D eigenvalue weighted by Crippen LogP contribution is 2.23. The maximum Gasteiger partial charge on any atom is 0.314 e. The van der Waals surface area contributed by atoms with E-state index in [0.29, 0.717) is 6.54 Å². The van der Waals surface area contributed by atoms with E-state index < -0.39 is 0 Å². The molecular weight excluding hydrogens is 216 g/mol. The van der Waals surface area contributed by atoms with Gasteiger partial charge in [-0.15, -0.1) is 0 Å². The Labute approximate surface area is 102 Å². The van der Waals surface area contributed by atoms with E-state index in [9.17, 15) is 4.79 Å². The van der Waals surface area contributed by atoms with Crippen molar-refractivity contribution in [3.63, 3.8) is 0 Å². The number of amides is 2. The Morgan fingerprint density at radius 3 is 2.53 bits per heavy atom. The van der Waals surface area contributed by atoms with Crippen LogP contribution in [0.15, 0.2) is 12.1 Å². The zero-order chi connectivity index (χ0) is 12.8. The highest BCUT2D eigenvalue weighted by Gasteiger charge is 2.06. The largest absolute Gasteiger partial charge is 0.496 e. The average Bonchev–Trinajstić information content (AvgIpc) is 2.32. The summed E-state index contributed by atoms with van der Waals surface area (Å²) in [5.41, 5.74) is 3.57. The summed E-state index contributed by atoms with van der Waals surface area (Å²) in [6.07, 6.45) is 0.762. The second-order valence-electron chi connectivity index (χ2n) is 4.00. The molecule has 17 heavy (non-hydrogen) atoms. The second-order valence-corrected chi connectivity index (χ2v) is 4.00. The molecule has 4 heteroatoms. The first-order valence-corrected chi connectivity index (χ1v) is 5.68. The maximum absolute atomic E-state index is 11.0. The van der Waals surface area contributed by atoms with Gasteiger partial charge in [-0.05, 0) is 43.0 Å². The summed E-state index contributed by atoms with van der Waals surface area (Å²) < 4.78 is 5.34. The Kier molecular flexibility index (Phi) is 4.82. The number of aryl methyl sites for hydroxylation is 2. The van der Waals surface area contributed by atoms with Crippen molar-refractivity contribution in [2.24, 2.45) is 0 Å². The molecular formula is C13H20N2O2. The lowest BCUT2D eigenvalue weighted by Crippen LogP contribution is -2.34. The van der Waals surface area contributed by atoms with Gasteiger partial charge < -0.3 is 15.4 Å². The van der Waals surface area contributed by atoms with Gasteiger partial charge in [0.1, 0.15) is 5.75 Å². The number of hydrogen-bond acceptors (Lipinski definition) is 2.